The molecule has 1 N–H and O–H groups in total. The molecule has 8 heteroatoms. The van der Waals surface area contributed by atoms with E-state index in [2.05, 4.69) is 39.4 Å². The fourth-order valence-corrected chi connectivity index (χ4v) is 6.14. The van der Waals surface area contributed by atoms with Crippen LogP contribution in [-0.4, -0.2) is 61.9 Å². The zero-order valence-corrected chi connectivity index (χ0v) is 19.7. The van der Waals surface area contributed by atoms with E-state index < -0.39 is 16.1 Å². The van der Waals surface area contributed by atoms with Gasteiger partial charge in [0.2, 0.25) is 15.9 Å². The molecule has 0 aliphatic carbocycles. The number of likely N-dealkylation sites (tertiary alicyclic amines) is 2. The number of hydrogen-bond acceptors (Lipinski definition) is 4. The van der Waals surface area contributed by atoms with Crippen molar-refractivity contribution in [1.29, 1.82) is 0 Å². The molecule has 0 unspecified atom stereocenters. The summed E-state index contributed by atoms with van der Waals surface area (Å²) in [5.41, 5.74) is 0. The van der Waals surface area contributed by atoms with E-state index in [4.69, 9.17) is 0 Å². The van der Waals surface area contributed by atoms with Crippen LogP contribution in [0.4, 0.5) is 0 Å². The van der Waals surface area contributed by atoms with Gasteiger partial charge in [-0.1, -0.05) is 28.1 Å². The minimum Gasteiger partial charge on any atom is -0.338 e. The zero-order chi connectivity index (χ0) is 21.5. The molecule has 0 radical (unpaired) electrons. The minimum atomic E-state index is -3.77. The smallest absolute Gasteiger partial charge is 0.241 e. The first-order chi connectivity index (χ1) is 14.2. The molecule has 2 heterocycles. The highest BCUT2D eigenvalue weighted by Gasteiger charge is 2.39. The normalized spacial score (nSPS) is 21.8. The van der Waals surface area contributed by atoms with Gasteiger partial charge in [0.05, 0.1) is 4.90 Å². The van der Waals surface area contributed by atoms with Crippen molar-refractivity contribution in [3.63, 3.8) is 0 Å². The molecule has 2 fully saturated rings. The number of fused-ring (bicyclic) bond motifs is 1. The molecule has 2 aromatic rings. The lowest BCUT2D eigenvalue weighted by molar-refractivity contribution is -0.131. The van der Waals surface area contributed by atoms with E-state index in [0.29, 0.717) is 19.0 Å². The molecule has 4 rings (SSSR count). The molecule has 1 atom stereocenters. The van der Waals surface area contributed by atoms with E-state index in [0.717, 1.165) is 41.2 Å². The van der Waals surface area contributed by atoms with Crippen LogP contribution in [-0.2, 0) is 14.8 Å². The van der Waals surface area contributed by atoms with Crippen LogP contribution in [0, 0.1) is 0 Å². The third-order valence-corrected chi connectivity index (χ3v) is 8.25. The van der Waals surface area contributed by atoms with Gasteiger partial charge in [-0.3, -0.25) is 4.79 Å². The fraction of sp³-hybridized carbons (Fsp3) is 0.500. The second-order valence-corrected chi connectivity index (χ2v) is 11.1. The Hall–Kier alpha value is -1.48. The van der Waals surface area contributed by atoms with Gasteiger partial charge in [0, 0.05) is 36.2 Å². The number of hydrogen-bond donors (Lipinski definition) is 1. The van der Waals surface area contributed by atoms with Gasteiger partial charge < -0.3 is 9.80 Å². The van der Waals surface area contributed by atoms with E-state index >= 15 is 0 Å². The van der Waals surface area contributed by atoms with Crippen molar-refractivity contribution in [2.24, 2.45) is 0 Å². The Bertz CT molecular complexity index is 1050. The molecule has 2 aliphatic heterocycles. The zero-order valence-electron chi connectivity index (χ0n) is 17.3. The largest absolute Gasteiger partial charge is 0.338 e. The van der Waals surface area contributed by atoms with Crippen LogP contribution in [0.25, 0.3) is 10.8 Å². The van der Waals surface area contributed by atoms with Crippen LogP contribution in [0.5, 0.6) is 0 Å². The predicted octanol–water partition coefficient (Wildman–Crippen LogP) is 3.35. The van der Waals surface area contributed by atoms with Crippen LogP contribution < -0.4 is 4.72 Å². The Balaban J connectivity index is 1.44. The van der Waals surface area contributed by atoms with Gasteiger partial charge >= 0.3 is 0 Å². The van der Waals surface area contributed by atoms with E-state index in [1.165, 1.54) is 0 Å². The van der Waals surface area contributed by atoms with Crippen molar-refractivity contribution in [2.75, 3.05) is 19.6 Å². The van der Waals surface area contributed by atoms with Crippen LogP contribution in [0.2, 0.25) is 0 Å². The second-order valence-electron chi connectivity index (χ2n) is 8.51. The lowest BCUT2D eigenvalue weighted by atomic mass is 10.0. The van der Waals surface area contributed by atoms with E-state index in [-0.39, 0.29) is 16.8 Å². The first-order valence-corrected chi connectivity index (χ1v) is 12.8. The topological polar surface area (TPSA) is 69.7 Å². The average Bonchev–Trinajstić information content (AvgIpc) is 3.07. The molecule has 0 saturated carbocycles. The van der Waals surface area contributed by atoms with Gasteiger partial charge in [-0.05, 0) is 68.1 Å². The van der Waals surface area contributed by atoms with Gasteiger partial charge in [0.1, 0.15) is 6.04 Å². The average molecular weight is 494 g/mol. The van der Waals surface area contributed by atoms with Crippen molar-refractivity contribution in [3.05, 3.63) is 40.9 Å². The molecule has 0 bridgehead atoms. The van der Waals surface area contributed by atoms with Crippen LogP contribution >= 0.6 is 15.9 Å². The molecule has 0 spiro atoms. The molecule has 2 aliphatic rings. The number of halogens is 1. The van der Waals surface area contributed by atoms with Gasteiger partial charge in [0.15, 0.2) is 0 Å². The molecule has 1 amide bonds. The molecule has 162 valence electrons. The van der Waals surface area contributed by atoms with Gasteiger partial charge in [0.25, 0.3) is 0 Å². The maximum atomic E-state index is 13.0. The molecular weight excluding hydrogens is 466 g/mol. The van der Waals surface area contributed by atoms with Crippen molar-refractivity contribution in [3.8, 4) is 0 Å². The van der Waals surface area contributed by atoms with Crippen LogP contribution in [0.3, 0.4) is 0 Å². The Morgan fingerprint density at radius 2 is 1.67 bits per heavy atom. The number of carbonyl (C=O) groups excluding carboxylic acids is 1. The Morgan fingerprint density at radius 1 is 1.00 bits per heavy atom. The maximum Gasteiger partial charge on any atom is 0.241 e. The van der Waals surface area contributed by atoms with Crippen LogP contribution in [0.15, 0.2) is 45.8 Å². The summed E-state index contributed by atoms with van der Waals surface area (Å²) in [6.45, 7) is 6.96. The molecule has 2 saturated heterocycles. The standard InChI is InChI=1S/C22H28BrN3O3S/c1-15(2)25-10-7-19(8-11-25)26-12-9-21(22(26)27)24-30(28,29)20-6-4-16-13-18(23)5-3-17(16)14-20/h3-6,13-15,19,21,24H,7-12H2,1-2H3/t21-/m0/s1. The van der Waals surface area contributed by atoms with E-state index in [9.17, 15) is 13.2 Å². The molecular formula is C22H28BrN3O3S. The summed E-state index contributed by atoms with van der Waals surface area (Å²) in [6, 6.07) is 10.8. The highest BCUT2D eigenvalue weighted by Crippen LogP contribution is 2.26. The first-order valence-electron chi connectivity index (χ1n) is 10.5. The number of carbonyl (C=O) groups is 1. The van der Waals surface area contributed by atoms with Crippen molar-refractivity contribution < 1.29 is 13.2 Å². The van der Waals surface area contributed by atoms with Gasteiger partial charge in [-0.25, -0.2) is 8.42 Å². The lowest BCUT2D eigenvalue weighted by Gasteiger charge is -2.38. The van der Waals surface area contributed by atoms with Crippen LogP contribution in [0.1, 0.15) is 33.1 Å². The number of rotatable bonds is 5. The Labute approximate surface area is 186 Å². The van der Waals surface area contributed by atoms with Crippen molar-refractivity contribution in [2.45, 2.75) is 56.1 Å². The summed E-state index contributed by atoms with van der Waals surface area (Å²) in [7, 11) is -3.77. The highest BCUT2D eigenvalue weighted by atomic mass is 79.9. The number of benzene rings is 2. The summed E-state index contributed by atoms with van der Waals surface area (Å²) in [5.74, 6) is -0.0914. The summed E-state index contributed by atoms with van der Waals surface area (Å²) >= 11 is 3.43. The summed E-state index contributed by atoms with van der Waals surface area (Å²) in [4.78, 5) is 17.5. The summed E-state index contributed by atoms with van der Waals surface area (Å²) < 4.78 is 29.5. The summed E-state index contributed by atoms with van der Waals surface area (Å²) in [6.07, 6.45) is 2.41. The quantitative estimate of drug-likeness (QED) is 0.693. The molecule has 0 aromatic heterocycles. The first kappa shape index (κ1) is 21.7. The monoisotopic (exact) mass is 493 g/mol. The predicted molar refractivity (Wildman–Crippen MR) is 122 cm³/mol. The van der Waals surface area contributed by atoms with E-state index in [1.807, 2.05) is 23.1 Å². The fourth-order valence-electron chi connectivity index (χ4n) is 4.50. The molecule has 2 aromatic carbocycles. The maximum absolute atomic E-state index is 13.0. The number of amides is 1. The lowest BCUT2D eigenvalue weighted by Crippen LogP contribution is -2.49. The Kier molecular flexibility index (Phi) is 6.21. The van der Waals surface area contributed by atoms with Crippen molar-refractivity contribution >= 4 is 42.6 Å². The number of nitrogens with zero attached hydrogens (tertiary/aromatic N) is 2. The summed E-state index contributed by atoms with van der Waals surface area (Å²) in [5, 5.41) is 1.80. The van der Waals surface area contributed by atoms with E-state index in [1.54, 1.807) is 18.2 Å². The second kappa shape index (κ2) is 8.57. The molecule has 30 heavy (non-hydrogen) atoms. The third kappa shape index (κ3) is 4.42. The number of sulfonamides is 1. The number of piperidine rings is 1. The third-order valence-electron chi connectivity index (χ3n) is 6.29. The SMILES string of the molecule is CC(C)N1CCC(N2CC[C@H](NS(=O)(=O)c3ccc4cc(Br)ccc4c3)C2=O)CC1. The number of nitrogens with one attached hydrogen (secondary N) is 1. The highest BCUT2D eigenvalue weighted by molar-refractivity contribution is 9.10. The van der Waals surface area contributed by atoms with Gasteiger partial charge in [-0.15, -0.1) is 0 Å². The minimum absolute atomic E-state index is 0.0914. The van der Waals surface area contributed by atoms with Crippen molar-refractivity contribution in [1.82, 2.24) is 14.5 Å². The molecule has 6 nitrogen and oxygen atoms in total. The Morgan fingerprint density at radius 3 is 2.37 bits per heavy atom. The van der Waals surface area contributed by atoms with Gasteiger partial charge in [-0.2, -0.15) is 4.72 Å².